The van der Waals surface area contributed by atoms with Crippen LogP contribution in [0.5, 0.6) is 0 Å². The van der Waals surface area contributed by atoms with Crippen molar-refractivity contribution >= 4 is 40.1 Å². The van der Waals surface area contributed by atoms with Gasteiger partial charge in [-0.15, -0.1) is 0 Å². The average molecular weight is 406 g/mol. The van der Waals surface area contributed by atoms with Crippen molar-refractivity contribution in [2.45, 2.75) is 45.1 Å². The fourth-order valence-corrected chi connectivity index (χ4v) is 3.70. The van der Waals surface area contributed by atoms with Crippen LogP contribution in [0.25, 0.3) is 0 Å². The van der Waals surface area contributed by atoms with Crippen LogP contribution in [0.15, 0.2) is 18.2 Å². The van der Waals surface area contributed by atoms with Crippen molar-refractivity contribution in [1.29, 1.82) is 0 Å². The maximum atomic E-state index is 12.6. The number of nitrogens with zero attached hydrogens (tertiary/aromatic N) is 1. The number of halogens is 2. The van der Waals surface area contributed by atoms with Crippen LogP contribution in [-0.2, 0) is 0 Å². The van der Waals surface area contributed by atoms with Gasteiger partial charge < -0.3 is 4.90 Å². The van der Waals surface area contributed by atoms with Gasteiger partial charge in [-0.1, -0.05) is 24.9 Å². The molecule has 1 aromatic rings. The zero-order valence-corrected chi connectivity index (χ0v) is 14.9. The van der Waals surface area contributed by atoms with E-state index in [1.165, 1.54) is 19.3 Å². The fraction of sp³-hybridized carbons (Fsp3) is 0.562. The summed E-state index contributed by atoms with van der Waals surface area (Å²) in [7, 11) is 1.93. The predicted octanol–water partition coefficient (Wildman–Crippen LogP) is 4.99. The van der Waals surface area contributed by atoms with Crippen molar-refractivity contribution in [3.8, 4) is 0 Å². The van der Waals surface area contributed by atoms with E-state index in [0.717, 1.165) is 27.9 Å². The van der Waals surface area contributed by atoms with Crippen molar-refractivity contribution in [1.82, 2.24) is 4.90 Å². The molecule has 0 N–H and O–H groups in total. The Balaban J connectivity index is 2.07. The minimum atomic E-state index is 0.0943. The zero-order chi connectivity index (χ0) is 14.7. The lowest BCUT2D eigenvalue weighted by Gasteiger charge is -2.34. The fourth-order valence-electron chi connectivity index (χ4n) is 2.96. The lowest BCUT2D eigenvalue weighted by atomic mass is 9.84. The molecule has 1 aliphatic carbocycles. The van der Waals surface area contributed by atoms with Gasteiger partial charge >= 0.3 is 0 Å². The molecule has 1 amide bonds. The molecule has 110 valence electrons. The van der Waals surface area contributed by atoms with Gasteiger partial charge in [0.2, 0.25) is 0 Å². The van der Waals surface area contributed by atoms with Gasteiger partial charge in [-0.3, -0.25) is 4.79 Å². The molecule has 2 nitrogen and oxygen atoms in total. The van der Waals surface area contributed by atoms with Crippen molar-refractivity contribution in [3.05, 3.63) is 32.4 Å². The molecule has 0 atom stereocenters. The molecule has 0 aromatic heterocycles. The summed E-state index contributed by atoms with van der Waals surface area (Å²) in [5, 5.41) is 0.622. The molecular weight excluding hydrogens is 385 g/mol. The number of carbonyl (C=O) groups excluding carboxylic acids is 1. The van der Waals surface area contributed by atoms with Crippen molar-refractivity contribution in [3.63, 3.8) is 0 Å². The SMILES string of the molecule is CCC1CCC(N(C)C(=O)c2cc(Cl)ccc2I)CC1. The van der Waals surface area contributed by atoms with Gasteiger partial charge in [0.05, 0.1) is 5.56 Å². The largest absolute Gasteiger partial charge is 0.339 e. The number of benzene rings is 1. The van der Waals surface area contributed by atoms with E-state index in [9.17, 15) is 4.79 Å². The lowest BCUT2D eigenvalue weighted by molar-refractivity contribution is 0.0673. The molecule has 4 heteroatoms. The Labute approximate surface area is 140 Å². The molecule has 1 fully saturated rings. The first-order valence-corrected chi connectivity index (χ1v) is 8.70. The third-order valence-electron chi connectivity index (χ3n) is 4.42. The maximum absolute atomic E-state index is 12.6. The normalized spacial score (nSPS) is 22.6. The average Bonchev–Trinajstić information content (AvgIpc) is 2.48. The van der Waals surface area contributed by atoms with Crippen LogP contribution < -0.4 is 0 Å². The molecule has 0 heterocycles. The molecule has 1 aromatic carbocycles. The highest BCUT2D eigenvalue weighted by Gasteiger charge is 2.27. The summed E-state index contributed by atoms with van der Waals surface area (Å²) in [6, 6.07) is 5.88. The summed E-state index contributed by atoms with van der Waals surface area (Å²) in [6.45, 7) is 2.26. The summed E-state index contributed by atoms with van der Waals surface area (Å²) in [6.07, 6.45) is 5.99. The van der Waals surface area contributed by atoms with Crippen LogP contribution >= 0.6 is 34.2 Å². The lowest BCUT2D eigenvalue weighted by Crippen LogP contribution is -2.39. The van der Waals surface area contributed by atoms with Gasteiger partial charge in [0.25, 0.3) is 5.91 Å². The molecule has 0 unspecified atom stereocenters. The Morgan fingerprint density at radius 2 is 2.00 bits per heavy atom. The molecule has 0 bridgehead atoms. The molecule has 1 saturated carbocycles. The summed E-state index contributed by atoms with van der Waals surface area (Å²) >= 11 is 8.21. The Morgan fingerprint density at radius 3 is 2.60 bits per heavy atom. The zero-order valence-electron chi connectivity index (χ0n) is 12.0. The highest BCUT2D eigenvalue weighted by atomic mass is 127. The second kappa shape index (κ2) is 7.12. The van der Waals surface area contributed by atoms with Gasteiger partial charge in [0, 0.05) is 21.7 Å². The van der Waals surface area contributed by atoms with Crippen molar-refractivity contribution < 1.29 is 4.79 Å². The molecule has 0 radical (unpaired) electrons. The van der Waals surface area contributed by atoms with E-state index in [0.29, 0.717) is 11.1 Å². The van der Waals surface area contributed by atoms with Crippen LogP contribution in [0.2, 0.25) is 5.02 Å². The van der Waals surface area contributed by atoms with E-state index in [-0.39, 0.29) is 5.91 Å². The van der Waals surface area contributed by atoms with Crippen molar-refractivity contribution in [2.24, 2.45) is 5.92 Å². The second-order valence-electron chi connectivity index (χ2n) is 5.62. The quantitative estimate of drug-likeness (QED) is 0.649. The smallest absolute Gasteiger partial charge is 0.254 e. The Hall–Kier alpha value is -0.290. The Kier molecular flexibility index (Phi) is 5.73. The monoisotopic (exact) mass is 405 g/mol. The van der Waals surface area contributed by atoms with E-state index in [4.69, 9.17) is 11.6 Å². The van der Waals surface area contributed by atoms with Crippen LogP contribution in [-0.4, -0.2) is 23.9 Å². The van der Waals surface area contributed by atoms with Crippen LogP contribution in [0.3, 0.4) is 0 Å². The number of rotatable bonds is 3. The predicted molar refractivity (Wildman–Crippen MR) is 92.3 cm³/mol. The number of amides is 1. The standard InChI is InChI=1S/C16H21ClINO/c1-3-11-4-7-13(8-5-11)19(2)16(20)14-10-12(17)6-9-15(14)18/h6,9-11,13H,3-5,7-8H2,1-2H3. The third-order valence-corrected chi connectivity index (χ3v) is 5.60. The third kappa shape index (κ3) is 3.67. The molecule has 1 aliphatic rings. The van der Waals surface area contributed by atoms with E-state index >= 15 is 0 Å². The number of carbonyl (C=O) groups is 1. The van der Waals surface area contributed by atoms with Crippen LogP contribution in [0.1, 0.15) is 49.4 Å². The second-order valence-corrected chi connectivity index (χ2v) is 7.22. The first-order chi connectivity index (χ1) is 9.52. The van der Waals surface area contributed by atoms with Gasteiger partial charge in [0.1, 0.15) is 0 Å². The molecule has 2 rings (SSSR count). The van der Waals surface area contributed by atoms with Gasteiger partial charge in [-0.05, 0) is 72.4 Å². The minimum Gasteiger partial charge on any atom is -0.339 e. The van der Waals surface area contributed by atoms with E-state index in [1.807, 2.05) is 24.1 Å². The highest BCUT2D eigenvalue weighted by Crippen LogP contribution is 2.30. The molecule has 20 heavy (non-hydrogen) atoms. The van der Waals surface area contributed by atoms with E-state index < -0.39 is 0 Å². The molecule has 0 saturated heterocycles. The first-order valence-electron chi connectivity index (χ1n) is 7.25. The van der Waals surface area contributed by atoms with E-state index in [1.54, 1.807) is 6.07 Å². The molecule has 0 spiro atoms. The van der Waals surface area contributed by atoms with E-state index in [2.05, 4.69) is 29.5 Å². The Bertz CT molecular complexity index is 483. The van der Waals surface area contributed by atoms with Gasteiger partial charge in [-0.2, -0.15) is 0 Å². The molecule has 0 aliphatic heterocycles. The molecular formula is C16H21ClINO. The highest BCUT2D eigenvalue weighted by molar-refractivity contribution is 14.1. The minimum absolute atomic E-state index is 0.0943. The number of hydrogen-bond donors (Lipinski definition) is 0. The van der Waals surface area contributed by atoms with Gasteiger partial charge in [0.15, 0.2) is 0 Å². The number of hydrogen-bond acceptors (Lipinski definition) is 1. The summed E-state index contributed by atoms with van der Waals surface area (Å²) < 4.78 is 0.964. The van der Waals surface area contributed by atoms with Crippen LogP contribution in [0.4, 0.5) is 0 Å². The topological polar surface area (TPSA) is 20.3 Å². The Morgan fingerprint density at radius 1 is 1.35 bits per heavy atom. The summed E-state index contributed by atoms with van der Waals surface area (Å²) in [5.41, 5.74) is 0.721. The van der Waals surface area contributed by atoms with Gasteiger partial charge in [-0.25, -0.2) is 0 Å². The van der Waals surface area contributed by atoms with Crippen molar-refractivity contribution in [2.75, 3.05) is 7.05 Å². The van der Waals surface area contributed by atoms with Crippen LogP contribution in [0, 0.1) is 9.49 Å². The maximum Gasteiger partial charge on any atom is 0.254 e. The first kappa shape index (κ1) is 16.1. The summed E-state index contributed by atoms with van der Waals surface area (Å²) in [5.74, 6) is 0.943. The summed E-state index contributed by atoms with van der Waals surface area (Å²) in [4.78, 5) is 14.5.